The van der Waals surface area contributed by atoms with Crippen LogP contribution >= 0.6 is 0 Å². The normalized spacial score (nSPS) is 31.4. The Morgan fingerprint density at radius 3 is 1.72 bits per heavy atom. The monoisotopic (exact) mass is 832 g/mol. The molecule has 10 nitrogen and oxygen atoms in total. The fraction of sp³-hybridized carbons (Fsp3) is 0.927. The Morgan fingerprint density at radius 2 is 1.26 bits per heavy atom. The second-order valence-electron chi connectivity index (χ2n) is 18.1. The van der Waals surface area contributed by atoms with Gasteiger partial charge in [0.05, 0.1) is 42.7 Å². The van der Waals surface area contributed by atoms with Crippen molar-refractivity contribution in [3.8, 4) is 0 Å². The Morgan fingerprint density at radius 1 is 0.737 bits per heavy atom. The molecule has 0 amide bonds. The van der Waals surface area contributed by atoms with E-state index in [-0.39, 0.29) is 73.6 Å². The van der Waals surface area contributed by atoms with Gasteiger partial charge in [0.2, 0.25) is 0 Å². The third kappa shape index (κ3) is 12.0. The average Bonchev–Trinajstić information content (AvgIpc) is 3.71. The Hall–Kier alpha value is -2.17. The van der Waals surface area contributed by atoms with E-state index >= 15 is 0 Å². The summed E-state index contributed by atoms with van der Waals surface area (Å²) in [7, 11) is 0. The van der Waals surface area contributed by atoms with E-state index in [0.29, 0.717) is 31.3 Å². The number of carbonyl (C=O) groups excluding carboxylic acids is 3. The zero-order valence-corrected chi connectivity index (χ0v) is 34.6. The van der Waals surface area contributed by atoms with Gasteiger partial charge < -0.3 is 34.3 Å². The summed E-state index contributed by atoms with van der Waals surface area (Å²) in [5.74, 6) is -1.29. The highest BCUT2D eigenvalue weighted by atomic mass is 19.4. The van der Waals surface area contributed by atoms with Crippen molar-refractivity contribution < 1.29 is 75.0 Å². The number of fused-ring (bicyclic) bond motifs is 2. The van der Waals surface area contributed by atoms with E-state index in [2.05, 4.69) is 0 Å². The molecule has 3 N–H and O–H groups in total. The van der Waals surface area contributed by atoms with Gasteiger partial charge in [-0.05, 0) is 120 Å². The van der Waals surface area contributed by atoms with Gasteiger partial charge in [-0.2, -0.15) is 26.3 Å². The maximum atomic E-state index is 12.8. The number of halogens is 6. The Labute approximate surface area is 333 Å². The van der Waals surface area contributed by atoms with Crippen LogP contribution in [0.25, 0.3) is 0 Å². The summed E-state index contributed by atoms with van der Waals surface area (Å²) in [6.07, 6.45) is -4.22. The van der Waals surface area contributed by atoms with E-state index < -0.39 is 53.7 Å². The lowest BCUT2D eigenvalue weighted by atomic mass is 9.52. The average molecular weight is 833 g/mol. The first kappa shape index (κ1) is 49.2. The van der Waals surface area contributed by atoms with E-state index in [4.69, 9.17) is 29.2 Å². The molecular formula is C41H66F6O10. The topological polar surface area (TPSA) is 149 Å². The second kappa shape index (κ2) is 19.5. The van der Waals surface area contributed by atoms with E-state index in [1.807, 2.05) is 41.5 Å². The predicted octanol–water partition coefficient (Wildman–Crippen LogP) is 7.87. The fourth-order valence-corrected chi connectivity index (χ4v) is 9.55. The van der Waals surface area contributed by atoms with Crippen LogP contribution in [0.1, 0.15) is 132 Å². The molecule has 16 heteroatoms. The zero-order chi connectivity index (χ0) is 43.2. The molecule has 0 aliphatic heterocycles. The number of ether oxygens (including phenoxy) is 4. The highest BCUT2D eigenvalue weighted by molar-refractivity contribution is 5.75. The first-order valence-corrected chi connectivity index (χ1v) is 20.7. The van der Waals surface area contributed by atoms with Crippen molar-refractivity contribution in [3.63, 3.8) is 0 Å². The van der Waals surface area contributed by atoms with Crippen molar-refractivity contribution in [2.45, 2.75) is 167 Å². The molecular weight excluding hydrogens is 766 g/mol. The number of alkyl halides is 6. The molecule has 6 aliphatic rings. The molecule has 0 aromatic rings. The van der Waals surface area contributed by atoms with Crippen LogP contribution in [0.5, 0.6) is 0 Å². The summed E-state index contributed by atoms with van der Waals surface area (Å²) in [5.41, 5.74) is -5.56. The minimum atomic E-state index is -5.78. The van der Waals surface area contributed by atoms with Crippen LogP contribution in [0.15, 0.2) is 0 Å². The lowest BCUT2D eigenvalue weighted by Gasteiger charge is -2.60. The highest BCUT2D eigenvalue weighted by Gasteiger charge is 2.71. The van der Waals surface area contributed by atoms with Crippen molar-refractivity contribution in [1.29, 1.82) is 0 Å². The van der Waals surface area contributed by atoms with Crippen molar-refractivity contribution in [1.82, 2.24) is 0 Å². The SMILES string of the molecule is CCC(C)(C)C(=O)OCCO.CCC(C)C(=O)OC12CC3CC(CC(OCCO)(C3)C1)C2.CCC(C)C(=O)OC1CC2CC1CC2CC(O)(C(F)(F)F)C(F)(F)F. The van der Waals surface area contributed by atoms with Gasteiger partial charge in [0, 0.05) is 6.42 Å². The molecule has 6 rings (SSSR count). The number of aliphatic hydroxyl groups excluding tert-OH is 2. The third-order valence-corrected chi connectivity index (χ3v) is 13.3. The smallest absolute Gasteiger partial charge is 0.426 e. The summed E-state index contributed by atoms with van der Waals surface area (Å²) in [4.78, 5) is 35.2. The van der Waals surface area contributed by atoms with Gasteiger partial charge >= 0.3 is 30.3 Å². The molecule has 6 aliphatic carbocycles. The quantitative estimate of drug-likeness (QED) is 0.0846. The zero-order valence-electron chi connectivity index (χ0n) is 34.6. The van der Waals surface area contributed by atoms with Crippen LogP contribution in [0, 0.1) is 46.8 Å². The van der Waals surface area contributed by atoms with Crippen molar-refractivity contribution in [2.75, 3.05) is 26.4 Å². The Balaban J connectivity index is 0.000000246. The van der Waals surface area contributed by atoms with Gasteiger partial charge in [0.1, 0.15) is 18.3 Å². The first-order chi connectivity index (χ1) is 26.3. The molecule has 0 aromatic heterocycles. The third-order valence-electron chi connectivity index (χ3n) is 13.3. The Bertz CT molecular complexity index is 1310. The van der Waals surface area contributed by atoms with E-state index in [1.54, 1.807) is 6.92 Å². The number of hydrogen-bond acceptors (Lipinski definition) is 10. The number of rotatable bonds is 15. The molecule has 8 unspecified atom stereocenters. The van der Waals surface area contributed by atoms with Gasteiger partial charge in [0.15, 0.2) is 0 Å². The van der Waals surface area contributed by atoms with E-state index in [1.165, 1.54) is 6.42 Å². The lowest BCUT2D eigenvalue weighted by molar-refractivity contribution is -0.373. The molecule has 0 aromatic carbocycles. The molecule has 0 saturated heterocycles. The first-order valence-electron chi connectivity index (χ1n) is 20.7. The van der Waals surface area contributed by atoms with Crippen LogP contribution in [0.3, 0.4) is 0 Å². The summed E-state index contributed by atoms with van der Waals surface area (Å²) in [5, 5.41) is 26.8. The molecule has 6 saturated carbocycles. The largest absolute Gasteiger partial charge is 0.463 e. The highest BCUT2D eigenvalue weighted by Crippen LogP contribution is 2.60. The number of carbonyl (C=O) groups is 3. The lowest BCUT2D eigenvalue weighted by Crippen LogP contribution is -2.61. The fourth-order valence-electron chi connectivity index (χ4n) is 9.55. The number of esters is 3. The molecule has 6 bridgehead atoms. The summed E-state index contributed by atoms with van der Waals surface area (Å²) in [6.45, 7) is 13.5. The predicted molar refractivity (Wildman–Crippen MR) is 196 cm³/mol. The summed E-state index contributed by atoms with van der Waals surface area (Å²) >= 11 is 0. The van der Waals surface area contributed by atoms with E-state index in [0.717, 1.165) is 44.9 Å². The molecule has 332 valence electrons. The minimum Gasteiger partial charge on any atom is -0.463 e. The van der Waals surface area contributed by atoms with Crippen molar-refractivity contribution in [2.24, 2.45) is 46.8 Å². The second-order valence-corrected chi connectivity index (χ2v) is 18.1. The molecule has 8 atom stereocenters. The molecule has 0 spiro atoms. The number of aliphatic hydroxyl groups is 3. The summed E-state index contributed by atoms with van der Waals surface area (Å²) < 4.78 is 99.2. The minimum absolute atomic E-state index is 0.0210. The van der Waals surface area contributed by atoms with Crippen LogP contribution in [-0.2, 0) is 33.3 Å². The van der Waals surface area contributed by atoms with Crippen LogP contribution < -0.4 is 0 Å². The number of hydrogen-bond donors (Lipinski definition) is 3. The van der Waals surface area contributed by atoms with Gasteiger partial charge in [-0.15, -0.1) is 0 Å². The maximum absolute atomic E-state index is 12.8. The molecule has 0 heterocycles. The van der Waals surface area contributed by atoms with Gasteiger partial charge in [-0.3, -0.25) is 14.4 Å². The maximum Gasteiger partial charge on any atom is 0.426 e. The van der Waals surface area contributed by atoms with Crippen molar-refractivity contribution in [3.05, 3.63) is 0 Å². The molecule has 57 heavy (non-hydrogen) atoms. The Kier molecular flexibility index (Phi) is 16.8. The van der Waals surface area contributed by atoms with Crippen LogP contribution in [0.2, 0.25) is 0 Å². The standard InChI is InChI=1S/C17H28O4.C16H22F6O3.C8H16O3/c1-3-12(2)15(19)21-17-9-13-6-14(10-17)8-16(7-13,11-17)20-5-4-18;1-3-8(2)13(23)25-12-6-9-4-10(12)5-11(9)7-14(24,15(17,18)19)16(20,21)22;1-4-8(2,3)7(10)11-6-5-9/h12-14,18H,3-11H2,1-2H3;8-12,24H,3-7H2,1-2H3;9H,4-6H2,1-3H3. The van der Waals surface area contributed by atoms with Crippen LogP contribution in [-0.4, -0.2) is 94.9 Å². The molecule has 0 radical (unpaired) electrons. The van der Waals surface area contributed by atoms with E-state index in [9.17, 15) is 45.8 Å². The molecule has 6 fully saturated rings. The van der Waals surface area contributed by atoms with Gasteiger partial charge in [-0.25, -0.2) is 0 Å². The van der Waals surface area contributed by atoms with Crippen LogP contribution in [0.4, 0.5) is 26.3 Å². The van der Waals surface area contributed by atoms with Gasteiger partial charge in [0.25, 0.3) is 5.60 Å². The summed E-state index contributed by atoms with van der Waals surface area (Å²) in [6, 6.07) is 0. The van der Waals surface area contributed by atoms with Crippen molar-refractivity contribution >= 4 is 17.9 Å². The van der Waals surface area contributed by atoms with Gasteiger partial charge in [-0.1, -0.05) is 34.6 Å².